The van der Waals surface area contributed by atoms with Crippen molar-refractivity contribution in [2.75, 3.05) is 5.32 Å². The van der Waals surface area contributed by atoms with E-state index in [-0.39, 0.29) is 18.0 Å². The molecule has 2 atom stereocenters. The molecular formula is C20H19BrN2OS. The van der Waals surface area contributed by atoms with Crippen LogP contribution in [0.5, 0.6) is 0 Å². The van der Waals surface area contributed by atoms with Gasteiger partial charge in [-0.15, -0.1) is 11.3 Å². The van der Waals surface area contributed by atoms with E-state index in [4.69, 9.17) is 0 Å². The first-order valence-electron chi connectivity index (χ1n) is 8.04. The molecule has 5 heteroatoms. The lowest BCUT2D eigenvalue weighted by molar-refractivity contribution is -0.117. The van der Waals surface area contributed by atoms with Crippen LogP contribution in [0.3, 0.4) is 0 Å². The van der Waals surface area contributed by atoms with Crippen LogP contribution in [0, 0.1) is 0 Å². The van der Waals surface area contributed by atoms with Gasteiger partial charge in [-0.05, 0) is 42.1 Å². The van der Waals surface area contributed by atoms with Crippen LogP contribution in [0.15, 0.2) is 76.6 Å². The summed E-state index contributed by atoms with van der Waals surface area (Å²) in [6.45, 7) is 1.89. The van der Waals surface area contributed by atoms with Gasteiger partial charge in [0.1, 0.15) is 0 Å². The first-order chi connectivity index (χ1) is 12.1. The van der Waals surface area contributed by atoms with Crippen LogP contribution in [0.1, 0.15) is 23.4 Å². The van der Waals surface area contributed by atoms with Gasteiger partial charge >= 0.3 is 0 Å². The summed E-state index contributed by atoms with van der Waals surface area (Å²) in [5, 5.41) is 8.47. The maximum atomic E-state index is 12.6. The second-order valence-electron chi connectivity index (χ2n) is 5.75. The molecule has 0 aliphatic rings. The lowest BCUT2D eigenvalue weighted by Gasteiger charge is -2.22. The Bertz CT molecular complexity index is 821. The molecule has 0 saturated heterocycles. The molecule has 0 fully saturated rings. The zero-order valence-electron chi connectivity index (χ0n) is 13.8. The van der Waals surface area contributed by atoms with Gasteiger partial charge in [0.05, 0.1) is 12.1 Å². The molecule has 0 aliphatic carbocycles. The Hall–Kier alpha value is -1.95. The number of hydrogen-bond donors (Lipinski definition) is 2. The predicted octanol–water partition coefficient (Wildman–Crippen LogP) is 5.22. The molecule has 0 saturated carbocycles. The van der Waals surface area contributed by atoms with Gasteiger partial charge < -0.3 is 5.32 Å². The van der Waals surface area contributed by atoms with Crippen molar-refractivity contribution in [3.63, 3.8) is 0 Å². The summed E-state index contributed by atoms with van der Waals surface area (Å²) in [7, 11) is 0. The molecule has 3 aromatic rings. The summed E-state index contributed by atoms with van der Waals surface area (Å²) in [5.41, 5.74) is 1.92. The molecule has 1 aromatic heterocycles. The number of amides is 1. The topological polar surface area (TPSA) is 41.1 Å². The van der Waals surface area contributed by atoms with Crippen molar-refractivity contribution < 1.29 is 4.79 Å². The van der Waals surface area contributed by atoms with Gasteiger partial charge in [-0.2, -0.15) is 0 Å². The van der Waals surface area contributed by atoms with Crippen LogP contribution in [0.25, 0.3) is 0 Å². The minimum absolute atomic E-state index is 0.00976. The molecule has 3 nitrogen and oxygen atoms in total. The number of hydrogen-bond acceptors (Lipinski definition) is 3. The summed E-state index contributed by atoms with van der Waals surface area (Å²) in [4.78, 5) is 13.8. The molecule has 3 rings (SSSR count). The molecule has 0 spiro atoms. The Labute approximate surface area is 160 Å². The molecular weight excluding hydrogens is 396 g/mol. The number of thiophene rings is 1. The van der Waals surface area contributed by atoms with E-state index in [1.54, 1.807) is 11.3 Å². The van der Waals surface area contributed by atoms with Gasteiger partial charge in [0.25, 0.3) is 0 Å². The number of halogens is 1. The summed E-state index contributed by atoms with van der Waals surface area (Å²) in [6.07, 6.45) is 0. The molecule has 2 N–H and O–H groups in total. The first-order valence-corrected chi connectivity index (χ1v) is 9.71. The quantitative estimate of drug-likeness (QED) is 0.580. The maximum absolute atomic E-state index is 12.6. The van der Waals surface area contributed by atoms with Gasteiger partial charge in [-0.1, -0.05) is 58.4 Å². The van der Waals surface area contributed by atoms with E-state index < -0.39 is 0 Å². The highest BCUT2D eigenvalue weighted by atomic mass is 79.9. The van der Waals surface area contributed by atoms with E-state index in [2.05, 4.69) is 50.1 Å². The van der Waals surface area contributed by atoms with E-state index in [0.717, 1.165) is 15.7 Å². The van der Waals surface area contributed by atoms with Gasteiger partial charge in [0.2, 0.25) is 5.91 Å². The fourth-order valence-electron chi connectivity index (χ4n) is 2.59. The molecule has 0 unspecified atom stereocenters. The second kappa shape index (κ2) is 8.43. The van der Waals surface area contributed by atoms with Crippen LogP contribution in [0.2, 0.25) is 0 Å². The number of benzene rings is 2. The van der Waals surface area contributed by atoms with E-state index in [9.17, 15) is 4.79 Å². The molecule has 1 amide bonds. The number of carbonyl (C=O) groups is 1. The Kier molecular flexibility index (Phi) is 6.02. The van der Waals surface area contributed by atoms with Crippen LogP contribution < -0.4 is 10.6 Å². The fourth-order valence-corrected chi connectivity index (χ4v) is 3.80. The molecule has 2 aromatic carbocycles. The highest BCUT2D eigenvalue weighted by molar-refractivity contribution is 9.10. The Morgan fingerprint density at radius 3 is 2.52 bits per heavy atom. The summed E-state index contributed by atoms with van der Waals surface area (Å²) in [5.74, 6) is -0.0596. The maximum Gasteiger partial charge on any atom is 0.241 e. The zero-order valence-corrected chi connectivity index (χ0v) is 16.2. The first kappa shape index (κ1) is 17.9. The van der Waals surface area contributed by atoms with E-state index in [1.807, 2.05) is 55.5 Å². The standard InChI is InChI=1S/C20H19BrN2OS/c1-14(20(24)23-17-10-5-9-16(21)13-17)22-19(18-11-6-12-25-18)15-7-3-2-4-8-15/h2-14,19,22H,1H3,(H,23,24)/t14-,19+/m0/s1. The summed E-state index contributed by atoms with van der Waals surface area (Å²) >= 11 is 5.11. The minimum atomic E-state index is -0.341. The smallest absolute Gasteiger partial charge is 0.241 e. The Balaban J connectivity index is 1.74. The van der Waals surface area contributed by atoms with Gasteiger partial charge in [0.15, 0.2) is 0 Å². The largest absolute Gasteiger partial charge is 0.325 e. The Morgan fingerprint density at radius 2 is 1.84 bits per heavy atom. The van der Waals surface area contributed by atoms with Crippen LogP contribution in [0.4, 0.5) is 5.69 Å². The summed E-state index contributed by atoms with van der Waals surface area (Å²) < 4.78 is 0.937. The van der Waals surface area contributed by atoms with Gasteiger partial charge in [-0.25, -0.2) is 0 Å². The number of carbonyl (C=O) groups excluding carboxylic acids is 1. The van der Waals surface area contributed by atoms with E-state index >= 15 is 0 Å². The average molecular weight is 415 g/mol. The molecule has 0 aliphatic heterocycles. The highest BCUT2D eigenvalue weighted by Crippen LogP contribution is 2.26. The van der Waals surface area contributed by atoms with Crippen molar-refractivity contribution in [2.45, 2.75) is 19.0 Å². The van der Waals surface area contributed by atoms with Crippen LogP contribution in [-0.2, 0) is 4.79 Å². The molecule has 25 heavy (non-hydrogen) atoms. The minimum Gasteiger partial charge on any atom is -0.325 e. The third kappa shape index (κ3) is 4.78. The highest BCUT2D eigenvalue weighted by Gasteiger charge is 2.21. The van der Waals surface area contributed by atoms with Crippen molar-refractivity contribution in [3.8, 4) is 0 Å². The van der Waals surface area contributed by atoms with Crippen LogP contribution in [-0.4, -0.2) is 11.9 Å². The third-order valence-electron chi connectivity index (χ3n) is 3.86. The molecule has 1 heterocycles. The van der Waals surface area contributed by atoms with Crippen molar-refractivity contribution in [1.29, 1.82) is 0 Å². The molecule has 128 valence electrons. The van der Waals surface area contributed by atoms with Crippen molar-refractivity contribution >= 4 is 38.9 Å². The lowest BCUT2D eigenvalue weighted by Crippen LogP contribution is -2.40. The van der Waals surface area contributed by atoms with Crippen molar-refractivity contribution in [1.82, 2.24) is 5.32 Å². The predicted molar refractivity (Wildman–Crippen MR) is 108 cm³/mol. The average Bonchev–Trinajstić information content (AvgIpc) is 3.14. The monoisotopic (exact) mass is 414 g/mol. The zero-order chi connectivity index (χ0) is 17.6. The third-order valence-corrected chi connectivity index (χ3v) is 5.29. The fraction of sp³-hybridized carbons (Fsp3) is 0.150. The van der Waals surface area contributed by atoms with E-state index in [0.29, 0.717) is 0 Å². The van der Waals surface area contributed by atoms with E-state index in [1.165, 1.54) is 4.88 Å². The lowest BCUT2D eigenvalue weighted by atomic mass is 10.0. The molecule has 0 radical (unpaired) electrons. The Morgan fingerprint density at radius 1 is 1.04 bits per heavy atom. The number of nitrogens with one attached hydrogen (secondary N) is 2. The SMILES string of the molecule is C[C@H](N[C@H](c1ccccc1)c1cccs1)C(=O)Nc1cccc(Br)c1. The van der Waals surface area contributed by atoms with Gasteiger partial charge in [-0.3, -0.25) is 10.1 Å². The molecule has 0 bridgehead atoms. The number of anilines is 1. The number of rotatable bonds is 6. The summed E-state index contributed by atoms with van der Waals surface area (Å²) in [6, 6.07) is 21.6. The second-order valence-corrected chi connectivity index (χ2v) is 7.64. The van der Waals surface area contributed by atoms with Crippen molar-refractivity contribution in [2.24, 2.45) is 0 Å². The van der Waals surface area contributed by atoms with Gasteiger partial charge in [0, 0.05) is 15.0 Å². The normalized spacial score (nSPS) is 13.2. The van der Waals surface area contributed by atoms with Crippen molar-refractivity contribution in [3.05, 3.63) is 87.0 Å². The van der Waals surface area contributed by atoms with Crippen LogP contribution >= 0.6 is 27.3 Å².